The van der Waals surface area contributed by atoms with E-state index in [2.05, 4.69) is 56.5 Å². The number of unbranched alkanes of at least 4 members (excludes halogenated alkanes) is 24. The van der Waals surface area contributed by atoms with Gasteiger partial charge in [0.05, 0.1) is 25.2 Å². The maximum absolute atomic E-state index is 13.1. The van der Waals surface area contributed by atoms with Crippen LogP contribution in [0.25, 0.3) is 0 Å². The maximum atomic E-state index is 13.1. The fourth-order valence-corrected chi connectivity index (χ4v) is 7.07. The minimum atomic E-state index is -0.796. The number of amides is 1. The van der Waals surface area contributed by atoms with Crippen molar-refractivity contribution in [2.45, 2.75) is 257 Å². The standard InChI is InChI=1S/C49H91NO5/c1-4-7-10-13-16-19-21-23-24-26-27-29-32-35-38-41-47(52)46(44-51)50-48(53)43-45(40-37-34-31-18-15-12-9-6-3)55-49(54)42-39-36-33-30-28-25-22-20-17-14-11-8-5-2/h12,15,25,28,33,36,45-47,51-52H,4-11,13-14,16-24,26-27,29-32,34-35,37-44H2,1-3H3,(H,50,53)/b15-12-,28-25-,36-33+. The van der Waals surface area contributed by atoms with Crippen LogP contribution in [0.1, 0.15) is 239 Å². The summed E-state index contributed by atoms with van der Waals surface area (Å²) in [6, 6.07) is -0.713. The number of aliphatic hydroxyl groups excluding tert-OH is 2. The van der Waals surface area contributed by atoms with Gasteiger partial charge in [-0.1, -0.05) is 198 Å². The maximum Gasteiger partial charge on any atom is 0.306 e. The molecule has 0 radical (unpaired) electrons. The molecule has 0 aromatic rings. The summed E-state index contributed by atoms with van der Waals surface area (Å²) in [5, 5.41) is 23.6. The van der Waals surface area contributed by atoms with Crippen LogP contribution in [0.3, 0.4) is 0 Å². The van der Waals surface area contributed by atoms with Gasteiger partial charge in [-0.15, -0.1) is 0 Å². The Kier molecular flexibility index (Phi) is 41.7. The van der Waals surface area contributed by atoms with Gasteiger partial charge >= 0.3 is 5.97 Å². The van der Waals surface area contributed by atoms with E-state index in [1.807, 2.05) is 6.08 Å². The Balaban J connectivity index is 4.50. The lowest BCUT2D eigenvalue weighted by atomic mass is 10.0. The number of rotatable bonds is 42. The quantitative estimate of drug-likeness (QED) is 0.0326. The first kappa shape index (κ1) is 53.1. The summed E-state index contributed by atoms with van der Waals surface area (Å²) >= 11 is 0. The van der Waals surface area contributed by atoms with E-state index in [0.717, 1.165) is 70.6 Å². The number of carbonyl (C=O) groups excluding carboxylic acids is 2. The monoisotopic (exact) mass is 774 g/mol. The zero-order chi connectivity index (χ0) is 40.3. The molecule has 0 fully saturated rings. The number of hydrogen-bond acceptors (Lipinski definition) is 5. The van der Waals surface area contributed by atoms with Crippen molar-refractivity contribution in [2.24, 2.45) is 0 Å². The highest BCUT2D eigenvalue weighted by molar-refractivity contribution is 5.77. The van der Waals surface area contributed by atoms with Crippen LogP contribution in [0.15, 0.2) is 36.5 Å². The van der Waals surface area contributed by atoms with Gasteiger partial charge in [0.2, 0.25) is 5.91 Å². The number of allylic oxidation sites excluding steroid dienone is 6. The Morgan fingerprint density at radius 1 is 0.527 bits per heavy atom. The molecule has 0 aliphatic heterocycles. The molecule has 0 heterocycles. The predicted octanol–water partition coefficient (Wildman–Crippen LogP) is 13.7. The molecule has 0 aromatic heterocycles. The zero-order valence-electron chi connectivity index (χ0n) is 36.6. The van der Waals surface area contributed by atoms with Gasteiger partial charge in [0.15, 0.2) is 0 Å². The van der Waals surface area contributed by atoms with E-state index < -0.39 is 18.2 Å². The molecule has 3 N–H and O–H groups in total. The van der Waals surface area contributed by atoms with Gasteiger partial charge in [0.1, 0.15) is 6.10 Å². The van der Waals surface area contributed by atoms with Gasteiger partial charge in [-0.2, -0.15) is 0 Å². The van der Waals surface area contributed by atoms with Crippen molar-refractivity contribution in [1.82, 2.24) is 5.32 Å². The largest absolute Gasteiger partial charge is 0.462 e. The van der Waals surface area contributed by atoms with Crippen molar-refractivity contribution in [3.05, 3.63) is 36.5 Å². The number of carbonyl (C=O) groups is 2. The minimum Gasteiger partial charge on any atom is -0.462 e. The third-order valence-electron chi connectivity index (χ3n) is 10.7. The van der Waals surface area contributed by atoms with E-state index in [1.54, 1.807) is 0 Å². The number of ether oxygens (including phenoxy) is 1. The highest BCUT2D eigenvalue weighted by Crippen LogP contribution is 2.17. The molecule has 1 amide bonds. The molecule has 55 heavy (non-hydrogen) atoms. The fraction of sp³-hybridized carbons (Fsp3) is 0.837. The lowest BCUT2D eigenvalue weighted by Gasteiger charge is -2.24. The summed E-state index contributed by atoms with van der Waals surface area (Å²) in [7, 11) is 0. The molecular weight excluding hydrogens is 683 g/mol. The Morgan fingerprint density at radius 2 is 0.964 bits per heavy atom. The van der Waals surface area contributed by atoms with Crippen molar-refractivity contribution in [2.75, 3.05) is 6.61 Å². The van der Waals surface area contributed by atoms with Crippen molar-refractivity contribution in [1.29, 1.82) is 0 Å². The molecule has 0 spiro atoms. The number of nitrogens with one attached hydrogen (secondary N) is 1. The highest BCUT2D eigenvalue weighted by Gasteiger charge is 2.24. The summed E-state index contributed by atoms with van der Waals surface area (Å²) in [6.07, 6.45) is 49.4. The van der Waals surface area contributed by atoms with Crippen molar-refractivity contribution in [3.8, 4) is 0 Å². The first-order valence-electron chi connectivity index (χ1n) is 23.7. The Morgan fingerprint density at radius 3 is 1.49 bits per heavy atom. The van der Waals surface area contributed by atoms with Gasteiger partial charge < -0.3 is 20.3 Å². The summed E-state index contributed by atoms with van der Waals surface area (Å²) < 4.78 is 5.84. The van der Waals surface area contributed by atoms with Crippen LogP contribution in [0.4, 0.5) is 0 Å². The number of aliphatic hydroxyl groups is 2. The second-order valence-electron chi connectivity index (χ2n) is 16.2. The zero-order valence-corrected chi connectivity index (χ0v) is 36.6. The van der Waals surface area contributed by atoms with Crippen LogP contribution in [0.2, 0.25) is 0 Å². The molecule has 0 bridgehead atoms. The van der Waals surface area contributed by atoms with E-state index in [1.165, 1.54) is 116 Å². The molecule has 0 saturated heterocycles. The number of hydrogen-bond donors (Lipinski definition) is 3. The molecule has 0 saturated carbocycles. The van der Waals surface area contributed by atoms with Crippen molar-refractivity contribution >= 4 is 11.9 Å². The Hall–Kier alpha value is -1.92. The minimum absolute atomic E-state index is 0.0452. The van der Waals surface area contributed by atoms with Crippen LogP contribution in [0, 0.1) is 0 Å². The Labute approximate surface area is 341 Å². The van der Waals surface area contributed by atoms with E-state index >= 15 is 0 Å². The molecule has 6 nitrogen and oxygen atoms in total. The molecule has 0 rings (SSSR count). The number of esters is 1. The molecule has 3 atom stereocenters. The van der Waals surface area contributed by atoms with Crippen LogP contribution in [-0.2, 0) is 14.3 Å². The first-order chi connectivity index (χ1) is 27.0. The molecule has 0 aliphatic carbocycles. The molecule has 322 valence electrons. The molecular formula is C49H91NO5. The third kappa shape index (κ3) is 38.7. The SMILES string of the molecule is CCC/C=C\CCCCCC(CC(=O)NC(CO)C(O)CCCCCCCCCCCCCCCCC)OC(=O)CC/C=C/C/C=C\CCCCCCCC. The van der Waals surface area contributed by atoms with Gasteiger partial charge in [0.25, 0.3) is 0 Å². The molecule has 6 heteroatoms. The lowest BCUT2D eigenvalue weighted by molar-refractivity contribution is -0.150. The van der Waals surface area contributed by atoms with E-state index in [-0.39, 0.29) is 31.3 Å². The second kappa shape index (κ2) is 43.2. The van der Waals surface area contributed by atoms with Gasteiger partial charge in [-0.3, -0.25) is 9.59 Å². The molecule has 3 unspecified atom stereocenters. The molecule has 0 aliphatic rings. The summed E-state index contributed by atoms with van der Waals surface area (Å²) in [5.74, 6) is -0.571. The average molecular weight is 774 g/mol. The highest BCUT2D eigenvalue weighted by atomic mass is 16.5. The lowest BCUT2D eigenvalue weighted by Crippen LogP contribution is -2.46. The van der Waals surface area contributed by atoms with Crippen molar-refractivity contribution < 1.29 is 24.5 Å². The Bertz CT molecular complexity index is 915. The van der Waals surface area contributed by atoms with E-state index in [4.69, 9.17) is 4.74 Å². The van der Waals surface area contributed by atoms with Gasteiger partial charge in [0, 0.05) is 6.42 Å². The predicted molar refractivity (Wildman–Crippen MR) is 236 cm³/mol. The summed E-state index contributed by atoms with van der Waals surface area (Å²) in [6.45, 7) is 6.38. The smallest absolute Gasteiger partial charge is 0.306 e. The molecule has 0 aromatic carbocycles. The summed E-state index contributed by atoms with van der Waals surface area (Å²) in [5.41, 5.74) is 0. The van der Waals surface area contributed by atoms with Gasteiger partial charge in [-0.05, 0) is 64.2 Å². The van der Waals surface area contributed by atoms with Crippen molar-refractivity contribution in [3.63, 3.8) is 0 Å². The van der Waals surface area contributed by atoms with Crippen LogP contribution in [0.5, 0.6) is 0 Å². The first-order valence-corrected chi connectivity index (χ1v) is 23.7. The third-order valence-corrected chi connectivity index (χ3v) is 10.7. The van der Waals surface area contributed by atoms with E-state index in [0.29, 0.717) is 19.3 Å². The van der Waals surface area contributed by atoms with Crippen LogP contribution < -0.4 is 5.32 Å². The topological polar surface area (TPSA) is 95.9 Å². The summed E-state index contributed by atoms with van der Waals surface area (Å²) in [4.78, 5) is 25.9. The normalized spacial score (nSPS) is 13.6. The average Bonchev–Trinajstić information content (AvgIpc) is 3.18. The second-order valence-corrected chi connectivity index (χ2v) is 16.2. The van der Waals surface area contributed by atoms with Gasteiger partial charge in [-0.25, -0.2) is 0 Å². The van der Waals surface area contributed by atoms with Crippen LogP contribution >= 0.6 is 0 Å². The van der Waals surface area contributed by atoms with E-state index in [9.17, 15) is 19.8 Å². The fourth-order valence-electron chi connectivity index (χ4n) is 7.07. The van der Waals surface area contributed by atoms with Crippen LogP contribution in [-0.4, -0.2) is 46.9 Å².